The maximum absolute atomic E-state index is 12.6. The van der Waals surface area contributed by atoms with Gasteiger partial charge in [-0.2, -0.15) is 0 Å². The van der Waals surface area contributed by atoms with Crippen molar-refractivity contribution in [3.63, 3.8) is 0 Å². The van der Waals surface area contributed by atoms with Gasteiger partial charge < -0.3 is 4.42 Å². The van der Waals surface area contributed by atoms with Crippen LogP contribution in [0.5, 0.6) is 0 Å². The van der Waals surface area contributed by atoms with Gasteiger partial charge in [-0.1, -0.05) is 13.3 Å². The second-order valence-electron chi connectivity index (χ2n) is 5.02. The molecule has 0 spiro atoms. The third-order valence-corrected chi connectivity index (χ3v) is 4.01. The first kappa shape index (κ1) is 12.4. The standard InChI is InChI=1S/C14H21NO2/c1-3-14(2,15-8-5-4-6-9-15)13(16)12-7-10-17-11-12/h7,10-11H,3-6,8-9H2,1-2H3. The van der Waals surface area contributed by atoms with E-state index < -0.39 is 0 Å². The van der Waals surface area contributed by atoms with Crippen LogP contribution in [0.3, 0.4) is 0 Å². The summed E-state index contributed by atoms with van der Waals surface area (Å²) in [5, 5.41) is 0. The Bertz CT molecular complexity index is 366. The molecule has 0 aromatic carbocycles. The van der Waals surface area contributed by atoms with E-state index in [1.165, 1.54) is 19.3 Å². The van der Waals surface area contributed by atoms with Crippen LogP contribution in [0.15, 0.2) is 23.0 Å². The van der Waals surface area contributed by atoms with E-state index >= 15 is 0 Å². The van der Waals surface area contributed by atoms with Gasteiger partial charge >= 0.3 is 0 Å². The normalized spacial score (nSPS) is 21.1. The molecule has 1 aliphatic rings. The SMILES string of the molecule is CCC(C)(C(=O)c1ccoc1)N1CCCCC1. The lowest BCUT2D eigenvalue weighted by Crippen LogP contribution is -2.53. The lowest BCUT2D eigenvalue weighted by Gasteiger charge is -2.41. The van der Waals surface area contributed by atoms with Crippen LogP contribution in [-0.4, -0.2) is 29.3 Å². The number of rotatable bonds is 4. The second-order valence-corrected chi connectivity index (χ2v) is 5.02. The number of nitrogens with zero attached hydrogens (tertiary/aromatic N) is 1. The highest BCUT2D eigenvalue weighted by Crippen LogP contribution is 2.28. The highest BCUT2D eigenvalue weighted by Gasteiger charge is 2.38. The molecule has 0 bridgehead atoms. The van der Waals surface area contributed by atoms with Gasteiger partial charge in [0, 0.05) is 0 Å². The zero-order valence-electron chi connectivity index (χ0n) is 10.7. The lowest BCUT2D eigenvalue weighted by molar-refractivity contribution is 0.0505. The van der Waals surface area contributed by atoms with Gasteiger partial charge in [0.25, 0.3) is 0 Å². The van der Waals surface area contributed by atoms with Crippen molar-refractivity contribution < 1.29 is 9.21 Å². The Morgan fingerprint density at radius 2 is 2.12 bits per heavy atom. The minimum atomic E-state index is -0.371. The lowest BCUT2D eigenvalue weighted by atomic mass is 9.86. The van der Waals surface area contributed by atoms with Crippen LogP contribution in [-0.2, 0) is 0 Å². The summed E-state index contributed by atoms with van der Waals surface area (Å²) < 4.78 is 5.02. The molecule has 1 atom stereocenters. The Labute approximate surface area is 103 Å². The number of carbonyl (C=O) groups is 1. The fourth-order valence-corrected chi connectivity index (χ4v) is 2.62. The van der Waals surface area contributed by atoms with Crippen molar-refractivity contribution in [3.8, 4) is 0 Å². The van der Waals surface area contributed by atoms with Crippen LogP contribution in [0, 0.1) is 0 Å². The van der Waals surface area contributed by atoms with Crippen molar-refractivity contribution in [3.05, 3.63) is 24.2 Å². The number of likely N-dealkylation sites (tertiary alicyclic amines) is 1. The van der Waals surface area contributed by atoms with Crippen molar-refractivity contribution in [1.29, 1.82) is 0 Å². The molecule has 3 nitrogen and oxygen atoms in total. The van der Waals surface area contributed by atoms with Gasteiger partial charge in [0.15, 0.2) is 5.78 Å². The van der Waals surface area contributed by atoms with E-state index in [0.29, 0.717) is 5.56 Å². The van der Waals surface area contributed by atoms with E-state index in [1.807, 2.05) is 0 Å². The van der Waals surface area contributed by atoms with E-state index in [-0.39, 0.29) is 11.3 Å². The summed E-state index contributed by atoms with van der Waals surface area (Å²) >= 11 is 0. The van der Waals surface area contributed by atoms with E-state index in [4.69, 9.17) is 4.42 Å². The summed E-state index contributed by atoms with van der Waals surface area (Å²) in [6, 6.07) is 1.76. The van der Waals surface area contributed by atoms with Gasteiger partial charge in [0.05, 0.1) is 17.4 Å². The fraction of sp³-hybridized carbons (Fsp3) is 0.643. The molecule has 1 aromatic rings. The van der Waals surface area contributed by atoms with Gasteiger partial charge in [0.1, 0.15) is 6.26 Å². The molecule has 0 N–H and O–H groups in total. The molecule has 1 fully saturated rings. The second kappa shape index (κ2) is 5.05. The summed E-state index contributed by atoms with van der Waals surface area (Å²) in [5.41, 5.74) is 0.324. The molecule has 1 unspecified atom stereocenters. The van der Waals surface area contributed by atoms with Gasteiger partial charge in [0.2, 0.25) is 0 Å². The molecule has 0 aliphatic carbocycles. The minimum absolute atomic E-state index is 0.190. The predicted molar refractivity (Wildman–Crippen MR) is 67.2 cm³/mol. The van der Waals surface area contributed by atoms with Crippen molar-refractivity contribution >= 4 is 5.78 Å². The van der Waals surface area contributed by atoms with E-state index in [1.54, 1.807) is 18.6 Å². The average molecular weight is 235 g/mol. The van der Waals surface area contributed by atoms with Gasteiger partial charge in [-0.25, -0.2) is 0 Å². The van der Waals surface area contributed by atoms with Gasteiger partial charge in [-0.05, 0) is 45.3 Å². The molecule has 3 heteroatoms. The first-order valence-corrected chi connectivity index (χ1v) is 6.50. The Morgan fingerprint density at radius 1 is 1.41 bits per heavy atom. The van der Waals surface area contributed by atoms with Gasteiger partial charge in [-0.15, -0.1) is 0 Å². The minimum Gasteiger partial charge on any atom is -0.472 e. The Hall–Kier alpha value is -1.09. The van der Waals surface area contributed by atoms with Crippen LogP contribution in [0.2, 0.25) is 0 Å². The number of hydrogen-bond donors (Lipinski definition) is 0. The number of Topliss-reactive ketones (excluding diaryl/α,β-unsaturated/α-hetero) is 1. The highest BCUT2D eigenvalue weighted by molar-refractivity contribution is 6.02. The number of carbonyl (C=O) groups excluding carboxylic acids is 1. The van der Waals surface area contributed by atoms with Gasteiger partial charge in [-0.3, -0.25) is 9.69 Å². The van der Waals surface area contributed by atoms with Crippen LogP contribution in [0.25, 0.3) is 0 Å². The Kier molecular flexibility index (Phi) is 3.67. The van der Waals surface area contributed by atoms with Crippen molar-refractivity contribution in [2.75, 3.05) is 13.1 Å². The number of hydrogen-bond acceptors (Lipinski definition) is 3. The van der Waals surface area contributed by atoms with Crippen molar-refractivity contribution in [2.45, 2.75) is 45.1 Å². The first-order chi connectivity index (χ1) is 8.18. The average Bonchev–Trinajstić information content (AvgIpc) is 2.92. The largest absolute Gasteiger partial charge is 0.472 e. The summed E-state index contributed by atoms with van der Waals surface area (Å²) in [6.45, 7) is 6.22. The molecule has 2 rings (SSSR count). The zero-order valence-corrected chi connectivity index (χ0v) is 10.7. The molecule has 17 heavy (non-hydrogen) atoms. The van der Waals surface area contributed by atoms with Crippen LogP contribution < -0.4 is 0 Å². The molecule has 1 aliphatic heterocycles. The molecular formula is C14H21NO2. The van der Waals surface area contributed by atoms with Crippen molar-refractivity contribution in [2.24, 2.45) is 0 Å². The molecule has 1 saturated heterocycles. The number of piperidine rings is 1. The number of furan rings is 1. The summed E-state index contributed by atoms with van der Waals surface area (Å²) in [4.78, 5) is 14.9. The number of ketones is 1. The van der Waals surface area contributed by atoms with Crippen LogP contribution in [0.4, 0.5) is 0 Å². The van der Waals surface area contributed by atoms with Crippen molar-refractivity contribution in [1.82, 2.24) is 4.90 Å². The van der Waals surface area contributed by atoms with E-state index in [2.05, 4.69) is 18.7 Å². The smallest absolute Gasteiger partial charge is 0.185 e. The molecule has 0 saturated carbocycles. The third-order valence-electron chi connectivity index (χ3n) is 4.01. The molecule has 2 heterocycles. The molecule has 0 radical (unpaired) electrons. The first-order valence-electron chi connectivity index (χ1n) is 6.50. The maximum Gasteiger partial charge on any atom is 0.185 e. The molecule has 94 valence electrons. The van der Waals surface area contributed by atoms with E-state index in [9.17, 15) is 4.79 Å². The molecule has 0 amide bonds. The highest BCUT2D eigenvalue weighted by atomic mass is 16.3. The third kappa shape index (κ3) is 2.29. The van der Waals surface area contributed by atoms with Crippen LogP contribution >= 0.6 is 0 Å². The maximum atomic E-state index is 12.6. The monoisotopic (exact) mass is 235 g/mol. The quantitative estimate of drug-likeness (QED) is 0.752. The summed E-state index contributed by atoms with van der Waals surface area (Å²) in [7, 11) is 0. The van der Waals surface area contributed by atoms with Crippen LogP contribution in [0.1, 0.15) is 49.9 Å². The Balaban J connectivity index is 2.20. The molecule has 1 aromatic heterocycles. The summed E-state index contributed by atoms with van der Waals surface area (Å²) in [6.07, 6.45) is 7.66. The van der Waals surface area contributed by atoms with E-state index in [0.717, 1.165) is 19.5 Å². The summed E-state index contributed by atoms with van der Waals surface area (Å²) in [5.74, 6) is 0.190. The molecular weight excluding hydrogens is 214 g/mol. The predicted octanol–water partition coefficient (Wildman–Crippen LogP) is 3.12. The topological polar surface area (TPSA) is 33.5 Å². The zero-order chi connectivity index (χ0) is 12.3. The Morgan fingerprint density at radius 3 is 2.65 bits per heavy atom. The fourth-order valence-electron chi connectivity index (χ4n) is 2.62.